The lowest BCUT2D eigenvalue weighted by Gasteiger charge is -2.19. The van der Waals surface area contributed by atoms with Crippen LogP contribution in [0.25, 0.3) is 11.4 Å². The van der Waals surface area contributed by atoms with Gasteiger partial charge in [-0.05, 0) is 34.2 Å². The van der Waals surface area contributed by atoms with Gasteiger partial charge in [-0.2, -0.15) is 5.26 Å². The van der Waals surface area contributed by atoms with Crippen molar-refractivity contribution in [2.24, 2.45) is 0 Å². The number of nitrogens with zero attached hydrogens (tertiary/aromatic N) is 4. The van der Waals surface area contributed by atoms with Gasteiger partial charge in [-0.15, -0.1) is 10.2 Å². The zero-order chi connectivity index (χ0) is 22.6. The van der Waals surface area contributed by atoms with E-state index < -0.39 is 0 Å². The summed E-state index contributed by atoms with van der Waals surface area (Å²) in [5.41, 5.74) is 5.50. The smallest absolute Gasteiger partial charge is 0.192 e. The first-order valence-electron chi connectivity index (χ1n) is 10.6. The first-order valence-corrected chi connectivity index (χ1v) is 11.6. The van der Waals surface area contributed by atoms with Gasteiger partial charge in [0, 0.05) is 11.3 Å². The molecule has 0 atom stereocenters. The van der Waals surface area contributed by atoms with E-state index in [9.17, 15) is 0 Å². The van der Waals surface area contributed by atoms with E-state index in [4.69, 9.17) is 5.26 Å². The Hall–Kier alpha value is -3.36. The second-order valence-electron chi connectivity index (χ2n) is 8.80. The molecule has 32 heavy (non-hydrogen) atoms. The summed E-state index contributed by atoms with van der Waals surface area (Å²) >= 11 is 1.66. The Kier molecular flexibility index (Phi) is 6.43. The van der Waals surface area contributed by atoms with Crippen LogP contribution in [0.5, 0.6) is 0 Å². The van der Waals surface area contributed by atoms with Crippen molar-refractivity contribution in [2.75, 3.05) is 0 Å². The predicted octanol–water partition coefficient (Wildman–Crippen LogP) is 6.45. The standard InChI is InChI=1S/C27H26N4S/c1-27(2,3)24-15-13-23(14-16-24)25-29-30-26(31(25)18-21-7-5-4-6-8-21)32-19-22-11-9-20(17-28)10-12-22/h4-16H,18-19H2,1-3H3. The van der Waals surface area contributed by atoms with Crippen LogP contribution >= 0.6 is 11.8 Å². The van der Waals surface area contributed by atoms with E-state index in [1.54, 1.807) is 11.8 Å². The fourth-order valence-corrected chi connectivity index (χ4v) is 4.35. The number of nitriles is 1. The topological polar surface area (TPSA) is 54.5 Å². The number of benzene rings is 3. The van der Waals surface area contributed by atoms with Crippen LogP contribution in [0.1, 0.15) is 43.0 Å². The van der Waals surface area contributed by atoms with Gasteiger partial charge in [0.25, 0.3) is 0 Å². The molecule has 0 N–H and O–H groups in total. The second kappa shape index (κ2) is 9.42. The summed E-state index contributed by atoms with van der Waals surface area (Å²) in [7, 11) is 0. The predicted molar refractivity (Wildman–Crippen MR) is 130 cm³/mol. The molecule has 4 aromatic rings. The maximum Gasteiger partial charge on any atom is 0.192 e. The van der Waals surface area contributed by atoms with Crippen molar-refractivity contribution >= 4 is 11.8 Å². The quantitative estimate of drug-likeness (QED) is 0.324. The van der Waals surface area contributed by atoms with Crippen molar-refractivity contribution in [2.45, 2.75) is 43.6 Å². The summed E-state index contributed by atoms with van der Waals surface area (Å²) in [6, 6.07) is 28.9. The summed E-state index contributed by atoms with van der Waals surface area (Å²) in [5, 5.41) is 19.0. The molecule has 1 aromatic heterocycles. The van der Waals surface area contributed by atoms with Crippen LogP contribution in [0.3, 0.4) is 0 Å². The normalized spacial score (nSPS) is 11.3. The second-order valence-corrected chi connectivity index (χ2v) is 9.75. The van der Waals surface area contributed by atoms with Crippen molar-refractivity contribution in [1.82, 2.24) is 14.8 Å². The summed E-state index contributed by atoms with van der Waals surface area (Å²) in [4.78, 5) is 0. The Morgan fingerprint density at radius 3 is 2.16 bits per heavy atom. The molecule has 3 aromatic carbocycles. The molecule has 5 heteroatoms. The van der Waals surface area contributed by atoms with Gasteiger partial charge in [0.1, 0.15) is 0 Å². The molecular weight excluding hydrogens is 412 g/mol. The molecule has 0 saturated heterocycles. The van der Waals surface area contributed by atoms with E-state index in [0.717, 1.165) is 27.9 Å². The lowest BCUT2D eigenvalue weighted by atomic mass is 9.87. The largest absolute Gasteiger partial charge is 0.298 e. The highest BCUT2D eigenvalue weighted by Gasteiger charge is 2.17. The van der Waals surface area contributed by atoms with Gasteiger partial charge >= 0.3 is 0 Å². The molecule has 160 valence electrons. The fourth-order valence-electron chi connectivity index (χ4n) is 3.46. The Labute approximate surface area is 193 Å². The van der Waals surface area contributed by atoms with Crippen LogP contribution in [-0.2, 0) is 17.7 Å². The van der Waals surface area contributed by atoms with Crippen LogP contribution < -0.4 is 0 Å². The van der Waals surface area contributed by atoms with E-state index >= 15 is 0 Å². The molecule has 4 nitrogen and oxygen atoms in total. The van der Waals surface area contributed by atoms with Gasteiger partial charge in [0.2, 0.25) is 0 Å². The molecule has 0 unspecified atom stereocenters. The highest BCUT2D eigenvalue weighted by Crippen LogP contribution is 2.29. The molecule has 0 spiro atoms. The average molecular weight is 439 g/mol. The van der Waals surface area contributed by atoms with E-state index in [1.165, 1.54) is 11.1 Å². The van der Waals surface area contributed by atoms with Crippen molar-refractivity contribution in [1.29, 1.82) is 5.26 Å². The SMILES string of the molecule is CC(C)(C)c1ccc(-c2nnc(SCc3ccc(C#N)cc3)n2Cc2ccccc2)cc1. The molecule has 1 heterocycles. The average Bonchev–Trinajstić information content (AvgIpc) is 3.20. The number of aromatic nitrogens is 3. The molecule has 0 saturated carbocycles. The summed E-state index contributed by atoms with van der Waals surface area (Å²) in [6.45, 7) is 7.37. The van der Waals surface area contributed by atoms with Crippen molar-refractivity contribution in [3.05, 3.63) is 101 Å². The number of hydrogen-bond acceptors (Lipinski definition) is 4. The molecule has 0 radical (unpaired) electrons. The Morgan fingerprint density at radius 1 is 0.844 bits per heavy atom. The van der Waals surface area contributed by atoms with E-state index in [1.807, 2.05) is 30.3 Å². The molecule has 0 aliphatic heterocycles. The maximum atomic E-state index is 9.01. The van der Waals surface area contributed by atoms with Crippen LogP contribution in [0.4, 0.5) is 0 Å². The zero-order valence-electron chi connectivity index (χ0n) is 18.6. The first-order chi connectivity index (χ1) is 15.4. The molecular formula is C27H26N4S. The van der Waals surface area contributed by atoms with Crippen molar-refractivity contribution in [3.8, 4) is 17.5 Å². The molecule has 0 amide bonds. The summed E-state index contributed by atoms with van der Waals surface area (Å²) in [6.07, 6.45) is 0. The third-order valence-corrected chi connectivity index (χ3v) is 6.40. The van der Waals surface area contributed by atoms with Gasteiger partial charge < -0.3 is 0 Å². The number of thioether (sulfide) groups is 1. The summed E-state index contributed by atoms with van der Waals surface area (Å²) < 4.78 is 2.19. The fraction of sp³-hybridized carbons (Fsp3) is 0.222. The lowest BCUT2D eigenvalue weighted by molar-refractivity contribution is 0.590. The maximum absolute atomic E-state index is 9.01. The van der Waals surface area contributed by atoms with Gasteiger partial charge in [-0.3, -0.25) is 4.57 Å². The van der Waals surface area contributed by atoms with Crippen molar-refractivity contribution < 1.29 is 0 Å². The highest BCUT2D eigenvalue weighted by atomic mass is 32.2. The lowest BCUT2D eigenvalue weighted by Crippen LogP contribution is -2.10. The van der Waals surface area contributed by atoms with Crippen LogP contribution in [0.15, 0.2) is 84.0 Å². The third-order valence-electron chi connectivity index (χ3n) is 5.36. The molecule has 0 aliphatic carbocycles. The number of rotatable bonds is 6. The summed E-state index contributed by atoms with van der Waals surface area (Å²) in [5.74, 6) is 1.64. The van der Waals surface area contributed by atoms with Crippen LogP contribution in [0.2, 0.25) is 0 Å². The Balaban J connectivity index is 1.64. The highest BCUT2D eigenvalue weighted by molar-refractivity contribution is 7.98. The van der Waals surface area contributed by atoms with Gasteiger partial charge in [0.15, 0.2) is 11.0 Å². The molecule has 0 fully saturated rings. The van der Waals surface area contributed by atoms with Gasteiger partial charge in [-0.1, -0.05) is 99.3 Å². The molecule has 0 aliphatic rings. The first kappa shape index (κ1) is 21.9. The minimum Gasteiger partial charge on any atom is -0.298 e. The van der Waals surface area contributed by atoms with Crippen LogP contribution in [-0.4, -0.2) is 14.8 Å². The monoisotopic (exact) mass is 438 g/mol. The van der Waals surface area contributed by atoms with E-state index in [-0.39, 0.29) is 5.41 Å². The Bertz CT molecular complexity index is 1210. The van der Waals surface area contributed by atoms with E-state index in [2.05, 4.69) is 90.1 Å². The zero-order valence-corrected chi connectivity index (χ0v) is 19.4. The van der Waals surface area contributed by atoms with Crippen molar-refractivity contribution in [3.63, 3.8) is 0 Å². The number of hydrogen-bond donors (Lipinski definition) is 0. The minimum atomic E-state index is 0.109. The molecule has 0 bridgehead atoms. The minimum absolute atomic E-state index is 0.109. The third kappa shape index (κ3) is 5.09. The van der Waals surface area contributed by atoms with Gasteiger partial charge in [-0.25, -0.2) is 0 Å². The van der Waals surface area contributed by atoms with E-state index in [0.29, 0.717) is 12.1 Å². The molecule has 4 rings (SSSR count). The Morgan fingerprint density at radius 2 is 1.53 bits per heavy atom. The van der Waals surface area contributed by atoms with Crippen LogP contribution in [0, 0.1) is 11.3 Å². The van der Waals surface area contributed by atoms with Gasteiger partial charge in [0.05, 0.1) is 18.2 Å².